The molecule has 1 aromatic carbocycles. The first-order chi connectivity index (χ1) is 9.69. The summed E-state index contributed by atoms with van der Waals surface area (Å²) in [5.74, 6) is 0.727. The molecule has 0 bridgehead atoms. The van der Waals surface area contributed by atoms with Crippen LogP contribution in [0.15, 0.2) is 24.3 Å². The van der Waals surface area contributed by atoms with E-state index in [1.54, 1.807) is 13.2 Å². The molecule has 0 aliphatic carbocycles. The van der Waals surface area contributed by atoms with E-state index in [4.69, 9.17) is 4.74 Å². The predicted molar refractivity (Wildman–Crippen MR) is 80.3 cm³/mol. The Morgan fingerprint density at radius 3 is 3.00 bits per heavy atom. The number of amides is 2. The maximum atomic E-state index is 12.0. The third-order valence-corrected chi connectivity index (χ3v) is 3.64. The number of rotatable bonds is 4. The Kier molecular flexibility index (Phi) is 5.24. The maximum Gasteiger partial charge on any atom is 0.319 e. The molecular weight excluding hydrogens is 254 g/mol. The molecule has 20 heavy (non-hydrogen) atoms. The Bertz CT molecular complexity index is 444. The van der Waals surface area contributed by atoms with Gasteiger partial charge in [0.05, 0.1) is 7.11 Å². The van der Waals surface area contributed by atoms with Crippen LogP contribution in [-0.4, -0.2) is 31.8 Å². The minimum Gasteiger partial charge on any atom is -0.497 e. The van der Waals surface area contributed by atoms with Crippen LogP contribution in [0.1, 0.15) is 26.2 Å². The van der Waals surface area contributed by atoms with Gasteiger partial charge >= 0.3 is 6.03 Å². The molecule has 1 heterocycles. The number of carbonyl (C=O) groups excluding carboxylic acids is 1. The molecule has 1 aliphatic heterocycles. The molecule has 1 fully saturated rings. The lowest BCUT2D eigenvalue weighted by molar-refractivity contribution is 0.242. The van der Waals surface area contributed by atoms with Gasteiger partial charge in [0.2, 0.25) is 0 Å². The van der Waals surface area contributed by atoms with Gasteiger partial charge in [-0.05, 0) is 38.4 Å². The van der Waals surface area contributed by atoms with Gasteiger partial charge in [0.25, 0.3) is 0 Å². The molecule has 5 nitrogen and oxygen atoms in total. The fourth-order valence-electron chi connectivity index (χ4n) is 2.48. The van der Waals surface area contributed by atoms with Gasteiger partial charge in [-0.3, -0.25) is 0 Å². The summed E-state index contributed by atoms with van der Waals surface area (Å²) in [4.78, 5) is 12.0. The van der Waals surface area contributed by atoms with Crippen LogP contribution in [-0.2, 0) is 0 Å². The second-order valence-corrected chi connectivity index (χ2v) is 5.18. The second-order valence-electron chi connectivity index (χ2n) is 5.18. The summed E-state index contributed by atoms with van der Waals surface area (Å²) >= 11 is 0. The van der Waals surface area contributed by atoms with E-state index >= 15 is 0 Å². The topological polar surface area (TPSA) is 62.4 Å². The van der Waals surface area contributed by atoms with Crippen molar-refractivity contribution in [3.05, 3.63) is 24.3 Å². The van der Waals surface area contributed by atoms with Gasteiger partial charge in [-0.1, -0.05) is 12.5 Å². The number of piperidine rings is 1. The van der Waals surface area contributed by atoms with Gasteiger partial charge in [-0.25, -0.2) is 4.79 Å². The fourth-order valence-corrected chi connectivity index (χ4v) is 2.48. The van der Waals surface area contributed by atoms with Gasteiger partial charge in [0.15, 0.2) is 0 Å². The molecule has 1 aliphatic rings. The van der Waals surface area contributed by atoms with E-state index in [0.29, 0.717) is 6.04 Å². The number of benzene rings is 1. The molecule has 0 spiro atoms. The largest absolute Gasteiger partial charge is 0.497 e. The summed E-state index contributed by atoms with van der Waals surface area (Å²) < 4.78 is 5.13. The molecule has 1 saturated heterocycles. The molecule has 5 heteroatoms. The van der Waals surface area contributed by atoms with Crippen LogP contribution in [0.5, 0.6) is 5.75 Å². The smallest absolute Gasteiger partial charge is 0.319 e. The quantitative estimate of drug-likeness (QED) is 0.791. The number of nitrogens with one attached hydrogen (secondary N) is 3. The van der Waals surface area contributed by atoms with Crippen molar-refractivity contribution < 1.29 is 9.53 Å². The van der Waals surface area contributed by atoms with Crippen LogP contribution < -0.4 is 20.7 Å². The molecule has 0 saturated carbocycles. The first-order valence-corrected chi connectivity index (χ1v) is 7.14. The van der Waals surface area contributed by atoms with Crippen LogP contribution in [0.25, 0.3) is 0 Å². The Morgan fingerprint density at radius 2 is 2.30 bits per heavy atom. The van der Waals surface area contributed by atoms with E-state index in [1.165, 1.54) is 12.8 Å². The predicted octanol–water partition coefficient (Wildman–Crippen LogP) is 2.35. The molecule has 2 unspecified atom stereocenters. The van der Waals surface area contributed by atoms with Crippen molar-refractivity contribution in [1.82, 2.24) is 10.6 Å². The standard InChI is InChI=1S/C15H23N3O2/c1-11(14-8-3-4-9-16-14)17-15(19)18-12-6-5-7-13(10-12)20-2/h5-7,10-11,14,16H,3-4,8-9H2,1-2H3,(H2,17,18,19). The zero-order chi connectivity index (χ0) is 14.4. The molecule has 2 amide bonds. The van der Waals surface area contributed by atoms with E-state index in [2.05, 4.69) is 16.0 Å². The maximum absolute atomic E-state index is 12.0. The van der Waals surface area contributed by atoms with Crippen LogP contribution in [0.4, 0.5) is 10.5 Å². The third-order valence-electron chi connectivity index (χ3n) is 3.64. The van der Waals surface area contributed by atoms with Gasteiger partial charge in [0.1, 0.15) is 5.75 Å². The lowest BCUT2D eigenvalue weighted by Gasteiger charge is -2.29. The van der Waals surface area contributed by atoms with Crippen LogP contribution >= 0.6 is 0 Å². The molecular formula is C15H23N3O2. The van der Waals surface area contributed by atoms with Crippen LogP contribution in [0, 0.1) is 0 Å². The van der Waals surface area contributed by atoms with Crippen molar-refractivity contribution in [3.8, 4) is 5.75 Å². The Morgan fingerprint density at radius 1 is 1.45 bits per heavy atom. The summed E-state index contributed by atoms with van der Waals surface area (Å²) in [6.07, 6.45) is 3.56. The summed E-state index contributed by atoms with van der Waals surface area (Å²) in [7, 11) is 1.61. The molecule has 2 rings (SSSR count). The van der Waals surface area contributed by atoms with Crippen molar-refractivity contribution in [2.24, 2.45) is 0 Å². The average Bonchev–Trinajstić information content (AvgIpc) is 2.48. The third kappa shape index (κ3) is 4.13. The monoisotopic (exact) mass is 277 g/mol. The first-order valence-electron chi connectivity index (χ1n) is 7.14. The molecule has 0 radical (unpaired) electrons. The number of hydrogen-bond donors (Lipinski definition) is 3. The Hall–Kier alpha value is -1.75. The number of ether oxygens (including phenoxy) is 1. The van der Waals surface area contributed by atoms with Crippen LogP contribution in [0.3, 0.4) is 0 Å². The highest BCUT2D eigenvalue weighted by Gasteiger charge is 2.20. The molecule has 3 N–H and O–H groups in total. The fraction of sp³-hybridized carbons (Fsp3) is 0.533. The highest BCUT2D eigenvalue weighted by atomic mass is 16.5. The van der Waals surface area contributed by atoms with E-state index < -0.39 is 0 Å². The van der Waals surface area contributed by atoms with E-state index in [-0.39, 0.29) is 12.1 Å². The zero-order valence-electron chi connectivity index (χ0n) is 12.1. The van der Waals surface area contributed by atoms with E-state index in [0.717, 1.165) is 24.4 Å². The average molecular weight is 277 g/mol. The number of methoxy groups -OCH3 is 1. The normalized spacial score (nSPS) is 20.0. The lowest BCUT2D eigenvalue weighted by atomic mass is 9.99. The highest BCUT2D eigenvalue weighted by molar-refractivity contribution is 5.89. The summed E-state index contributed by atoms with van der Waals surface area (Å²) in [5, 5.41) is 9.25. The van der Waals surface area contributed by atoms with Gasteiger partial charge in [-0.15, -0.1) is 0 Å². The minimum atomic E-state index is -0.182. The van der Waals surface area contributed by atoms with Gasteiger partial charge in [-0.2, -0.15) is 0 Å². The number of urea groups is 1. The van der Waals surface area contributed by atoms with Crippen molar-refractivity contribution in [1.29, 1.82) is 0 Å². The van der Waals surface area contributed by atoms with E-state index in [9.17, 15) is 4.79 Å². The van der Waals surface area contributed by atoms with Crippen LogP contribution in [0.2, 0.25) is 0 Å². The molecule has 2 atom stereocenters. The van der Waals surface area contributed by atoms with Gasteiger partial charge < -0.3 is 20.7 Å². The second kappa shape index (κ2) is 7.14. The zero-order valence-corrected chi connectivity index (χ0v) is 12.1. The van der Waals surface area contributed by atoms with Gasteiger partial charge in [0, 0.05) is 23.8 Å². The van der Waals surface area contributed by atoms with Crippen molar-refractivity contribution in [2.75, 3.05) is 19.0 Å². The summed E-state index contributed by atoms with van der Waals surface area (Å²) in [5.41, 5.74) is 0.727. The number of hydrogen-bond acceptors (Lipinski definition) is 3. The Labute approximate surface area is 120 Å². The minimum absolute atomic E-state index is 0.112. The van der Waals surface area contributed by atoms with E-state index in [1.807, 2.05) is 25.1 Å². The van der Waals surface area contributed by atoms with Crippen molar-refractivity contribution in [3.63, 3.8) is 0 Å². The SMILES string of the molecule is COc1cccc(NC(=O)NC(C)C2CCCCN2)c1. The molecule has 1 aromatic rings. The number of anilines is 1. The Balaban J connectivity index is 1.84. The summed E-state index contributed by atoms with van der Waals surface area (Å²) in [6, 6.07) is 7.62. The number of carbonyl (C=O) groups is 1. The van der Waals surface area contributed by atoms with Crippen molar-refractivity contribution >= 4 is 11.7 Å². The highest BCUT2D eigenvalue weighted by Crippen LogP contribution is 2.16. The molecule has 0 aromatic heterocycles. The first kappa shape index (κ1) is 14.7. The lowest BCUT2D eigenvalue weighted by Crippen LogP contribution is -2.51. The summed E-state index contributed by atoms with van der Waals surface area (Å²) in [6.45, 7) is 3.07. The van der Waals surface area contributed by atoms with Crippen molar-refractivity contribution in [2.45, 2.75) is 38.3 Å². The molecule has 110 valence electrons.